The molecule has 1 nitrogen and oxygen atoms in total. The Kier molecular flexibility index (Phi) is 5.64. The Morgan fingerprint density at radius 1 is 0.909 bits per heavy atom. The van der Waals surface area contributed by atoms with Gasteiger partial charge in [-0.1, -0.05) is 37.0 Å². The predicted molar refractivity (Wildman–Crippen MR) is 89.6 cm³/mol. The molecule has 0 aliphatic carbocycles. The third-order valence-electron chi connectivity index (χ3n) is 3.12. The van der Waals surface area contributed by atoms with E-state index in [0.717, 1.165) is 30.4 Å². The normalized spacial score (nSPS) is 9.36. The van der Waals surface area contributed by atoms with E-state index in [9.17, 15) is 4.39 Å². The second kappa shape index (κ2) is 7.91. The average Bonchev–Trinajstić information content (AvgIpc) is 2.54. The van der Waals surface area contributed by atoms with Gasteiger partial charge in [-0.2, -0.15) is 0 Å². The zero-order valence-electron chi connectivity index (χ0n) is 12.6. The third kappa shape index (κ3) is 4.69. The quantitative estimate of drug-likeness (QED) is 0.497. The Morgan fingerprint density at radius 2 is 1.50 bits per heavy atom. The fourth-order valence-corrected chi connectivity index (χ4v) is 1.82. The zero-order chi connectivity index (χ0) is 15.8. The minimum Gasteiger partial charge on any atom is -0.396 e. The molecule has 2 aromatic rings. The van der Waals surface area contributed by atoms with Gasteiger partial charge in [0.2, 0.25) is 0 Å². The van der Waals surface area contributed by atoms with E-state index in [1.54, 1.807) is 6.07 Å². The predicted octanol–water partition coefficient (Wildman–Crippen LogP) is 4.35. The number of nitrogen functional groups attached to an aromatic ring is 1. The monoisotopic (exact) mass is 291 g/mol. The lowest BCUT2D eigenvalue weighted by atomic mass is 10.1. The molecule has 2 rings (SSSR count). The summed E-state index contributed by atoms with van der Waals surface area (Å²) in [5, 5.41) is 0. The Morgan fingerprint density at radius 3 is 2.14 bits per heavy atom. The van der Waals surface area contributed by atoms with E-state index in [0.29, 0.717) is 5.56 Å². The largest absolute Gasteiger partial charge is 0.396 e. The smallest absolute Gasteiger partial charge is 0.147 e. The highest BCUT2D eigenvalue weighted by molar-refractivity contribution is 5.49. The molecule has 110 valence electrons. The maximum Gasteiger partial charge on any atom is 0.147 e. The van der Waals surface area contributed by atoms with Crippen molar-refractivity contribution in [3.63, 3.8) is 0 Å². The standard InChI is InChI=1S/C20H18FN/c1-2-3-4-5-6-16-7-9-17(10-8-16)11-12-18-13-14-20(22)19(21)15-18/h7-10,13-15H,2-4,22H2,1H3. The van der Waals surface area contributed by atoms with E-state index in [1.807, 2.05) is 24.3 Å². The van der Waals surface area contributed by atoms with Gasteiger partial charge in [0.05, 0.1) is 5.69 Å². The molecule has 0 unspecified atom stereocenters. The van der Waals surface area contributed by atoms with E-state index in [2.05, 4.69) is 30.6 Å². The van der Waals surface area contributed by atoms with Crippen LogP contribution in [0.25, 0.3) is 0 Å². The van der Waals surface area contributed by atoms with Crippen molar-refractivity contribution in [2.75, 3.05) is 5.73 Å². The van der Waals surface area contributed by atoms with Gasteiger partial charge >= 0.3 is 0 Å². The van der Waals surface area contributed by atoms with Gasteiger partial charge in [-0.25, -0.2) is 4.39 Å². The van der Waals surface area contributed by atoms with Gasteiger partial charge in [-0.15, -0.1) is 0 Å². The number of nitrogens with two attached hydrogens (primary N) is 1. The molecule has 0 bridgehead atoms. The molecule has 2 heteroatoms. The van der Waals surface area contributed by atoms with Crippen LogP contribution in [0.3, 0.4) is 0 Å². The van der Waals surface area contributed by atoms with E-state index in [-0.39, 0.29) is 5.69 Å². The summed E-state index contributed by atoms with van der Waals surface area (Å²) in [4.78, 5) is 0. The lowest BCUT2D eigenvalue weighted by Gasteiger charge is -1.96. The van der Waals surface area contributed by atoms with Gasteiger partial charge in [0.25, 0.3) is 0 Å². The van der Waals surface area contributed by atoms with E-state index < -0.39 is 5.82 Å². The van der Waals surface area contributed by atoms with Gasteiger partial charge in [0, 0.05) is 23.1 Å². The highest BCUT2D eigenvalue weighted by Gasteiger charge is 1.97. The Hall–Kier alpha value is -2.71. The molecule has 0 saturated carbocycles. The third-order valence-corrected chi connectivity index (χ3v) is 3.12. The minimum atomic E-state index is -0.440. The first-order chi connectivity index (χ1) is 10.7. The highest BCUT2D eigenvalue weighted by Crippen LogP contribution is 2.11. The molecular weight excluding hydrogens is 273 g/mol. The van der Waals surface area contributed by atoms with Crippen LogP contribution < -0.4 is 5.73 Å². The van der Waals surface area contributed by atoms with Crippen molar-refractivity contribution in [2.45, 2.75) is 26.2 Å². The molecule has 0 saturated heterocycles. The van der Waals surface area contributed by atoms with Crippen LogP contribution in [0.5, 0.6) is 0 Å². The van der Waals surface area contributed by atoms with Crippen LogP contribution in [0.15, 0.2) is 42.5 Å². The number of rotatable bonds is 2. The van der Waals surface area contributed by atoms with E-state index in [1.165, 1.54) is 12.1 Å². The van der Waals surface area contributed by atoms with Gasteiger partial charge in [0.1, 0.15) is 5.82 Å². The summed E-state index contributed by atoms with van der Waals surface area (Å²) in [6, 6.07) is 12.3. The molecule has 0 aromatic heterocycles. The molecule has 0 heterocycles. The van der Waals surface area contributed by atoms with Crippen molar-refractivity contribution in [3.05, 3.63) is 65.0 Å². The average molecular weight is 291 g/mol. The number of hydrogen-bond donors (Lipinski definition) is 1. The molecule has 0 aliphatic rings. The summed E-state index contributed by atoms with van der Waals surface area (Å²) in [6.45, 7) is 2.15. The number of halogens is 1. The van der Waals surface area contributed by atoms with Crippen molar-refractivity contribution in [1.82, 2.24) is 0 Å². The molecule has 22 heavy (non-hydrogen) atoms. The van der Waals surface area contributed by atoms with Crippen molar-refractivity contribution >= 4 is 5.69 Å². The van der Waals surface area contributed by atoms with Crippen molar-refractivity contribution in [3.8, 4) is 23.7 Å². The number of anilines is 1. The molecule has 0 fully saturated rings. The molecule has 0 amide bonds. The first kappa shape index (κ1) is 15.7. The summed E-state index contributed by atoms with van der Waals surface area (Å²) in [5.41, 5.74) is 8.04. The lowest BCUT2D eigenvalue weighted by molar-refractivity contribution is 0.632. The maximum atomic E-state index is 13.3. The summed E-state index contributed by atoms with van der Waals surface area (Å²) in [6.07, 6.45) is 3.23. The fraction of sp³-hybridized carbons (Fsp3) is 0.200. The molecule has 0 atom stereocenters. The van der Waals surface area contributed by atoms with Gasteiger partial charge in [-0.3, -0.25) is 0 Å². The Balaban J connectivity index is 2.06. The zero-order valence-corrected chi connectivity index (χ0v) is 12.6. The SMILES string of the molecule is CCCCC#Cc1ccc(C#Cc2ccc(N)c(F)c2)cc1. The fourth-order valence-electron chi connectivity index (χ4n) is 1.82. The summed E-state index contributed by atoms with van der Waals surface area (Å²) in [5.74, 6) is 11.8. The second-order valence-corrected chi connectivity index (χ2v) is 4.97. The summed E-state index contributed by atoms with van der Waals surface area (Å²) in [7, 11) is 0. The summed E-state index contributed by atoms with van der Waals surface area (Å²) < 4.78 is 13.3. The van der Waals surface area contributed by atoms with Crippen LogP contribution >= 0.6 is 0 Å². The first-order valence-corrected chi connectivity index (χ1v) is 7.35. The van der Waals surface area contributed by atoms with Crippen LogP contribution in [-0.4, -0.2) is 0 Å². The van der Waals surface area contributed by atoms with E-state index in [4.69, 9.17) is 5.73 Å². The topological polar surface area (TPSA) is 26.0 Å². The van der Waals surface area contributed by atoms with Crippen LogP contribution in [0, 0.1) is 29.5 Å². The van der Waals surface area contributed by atoms with Crippen molar-refractivity contribution in [2.24, 2.45) is 0 Å². The molecule has 2 aromatic carbocycles. The van der Waals surface area contributed by atoms with Gasteiger partial charge in [-0.05, 0) is 48.9 Å². The maximum absolute atomic E-state index is 13.3. The minimum absolute atomic E-state index is 0.136. The molecule has 0 spiro atoms. The van der Waals surface area contributed by atoms with Gasteiger partial charge < -0.3 is 5.73 Å². The molecule has 0 radical (unpaired) electrons. The second-order valence-electron chi connectivity index (χ2n) is 4.97. The number of unbranched alkanes of at least 4 members (excludes halogenated alkanes) is 2. The summed E-state index contributed by atoms with van der Waals surface area (Å²) >= 11 is 0. The van der Waals surface area contributed by atoms with Crippen molar-refractivity contribution in [1.29, 1.82) is 0 Å². The van der Waals surface area contributed by atoms with Crippen molar-refractivity contribution < 1.29 is 4.39 Å². The lowest BCUT2D eigenvalue weighted by Crippen LogP contribution is -1.90. The highest BCUT2D eigenvalue weighted by atomic mass is 19.1. The van der Waals surface area contributed by atoms with Crippen LogP contribution in [0.2, 0.25) is 0 Å². The number of benzene rings is 2. The molecule has 0 aliphatic heterocycles. The van der Waals surface area contributed by atoms with Crippen LogP contribution in [0.1, 0.15) is 42.9 Å². The van der Waals surface area contributed by atoms with E-state index >= 15 is 0 Å². The van der Waals surface area contributed by atoms with Crippen LogP contribution in [-0.2, 0) is 0 Å². The first-order valence-electron chi connectivity index (χ1n) is 7.35. The van der Waals surface area contributed by atoms with Gasteiger partial charge in [0.15, 0.2) is 0 Å². The molecular formula is C20H18FN. The molecule has 2 N–H and O–H groups in total. The van der Waals surface area contributed by atoms with Crippen LogP contribution in [0.4, 0.5) is 10.1 Å². The Labute approximate surface area is 131 Å². The Bertz CT molecular complexity index is 752. The number of hydrogen-bond acceptors (Lipinski definition) is 1.